The summed E-state index contributed by atoms with van der Waals surface area (Å²) in [6, 6.07) is 9.38. The molecule has 0 N–H and O–H groups in total. The van der Waals surface area contributed by atoms with Crippen molar-refractivity contribution in [3.63, 3.8) is 0 Å². The van der Waals surface area contributed by atoms with Gasteiger partial charge in [0.05, 0.1) is 24.7 Å². The number of fused-ring (bicyclic) bond motifs is 1. The van der Waals surface area contributed by atoms with Crippen molar-refractivity contribution < 1.29 is 36.6 Å². The second-order valence-corrected chi connectivity index (χ2v) is 6.11. The number of alkyl halides is 3. The molecule has 158 valence electrons. The molecule has 30 heavy (non-hydrogen) atoms. The lowest BCUT2D eigenvalue weighted by molar-refractivity contribution is -0.152. The molecule has 1 heterocycles. The molecule has 9 heteroatoms. The highest BCUT2D eigenvalue weighted by atomic mass is 19.4. The zero-order valence-corrected chi connectivity index (χ0v) is 16.0. The van der Waals surface area contributed by atoms with Crippen molar-refractivity contribution in [1.82, 2.24) is 0 Å². The molecule has 6 nitrogen and oxygen atoms in total. The van der Waals surface area contributed by atoms with E-state index in [9.17, 15) is 22.8 Å². The van der Waals surface area contributed by atoms with Gasteiger partial charge in [0.25, 0.3) is 0 Å². The van der Waals surface area contributed by atoms with Crippen LogP contribution in [0, 0.1) is 0 Å². The van der Waals surface area contributed by atoms with E-state index in [-0.39, 0.29) is 28.9 Å². The van der Waals surface area contributed by atoms with E-state index in [4.69, 9.17) is 18.6 Å². The van der Waals surface area contributed by atoms with Crippen LogP contribution in [0.15, 0.2) is 51.7 Å². The zero-order valence-electron chi connectivity index (χ0n) is 16.0. The molecule has 0 radical (unpaired) electrons. The second kappa shape index (κ2) is 8.48. The maximum atomic E-state index is 13.7. The normalized spacial score (nSPS) is 11.4. The van der Waals surface area contributed by atoms with Gasteiger partial charge in [0.1, 0.15) is 17.1 Å². The second-order valence-electron chi connectivity index (χ2n) is 6.11. The monoisotopic (exact) mass is 422 g/mol. The van der Waals surface area contributed by atoms with E-state index in [0.717, 1.165) is 6.07 Å². The highest BCUT2D eigenvalue weighted by Crippen LogP contribution is 2.38. The fourth-order valence-corrected chi connectivity index (χ4v) is 2.83. The molecule has 0 amide bonds. The Labute approximate surface area is 168 Å². The minimum atomic E-state index is -4.91. The molecule has 0 atom stereocenters. The van der Waals surface area contributed by atoms with Crippen LogP contribution in [0.3, 0.4) is 0 Å². The van der Waals surface area contributed by atoms with Crippen molar-refractivity contribution in [2.45, 2.75) is 13.1 Å². The Kier molecular flexibility index (Phi) is 6.00. The largest absolute Gasteiger partial charge is 0.497 e. The fourth-order valence-electron chi connectivity index (χ4n) is 2.83. The van der Waals surface area contributed by atoms with Gasteiger partial charge in [0, 0.05) is 6.07 Å². The molecule has 2 aromatic carbocycles. The molecule has 0 aliphatic rings. The molecular weight excluding hydrogens is 405 g/mol. The number of esters is 1. The maximum absolute atomic E-state index is 13.7. The first kappa shape index (κ1) is 21.2. The molecule has 0 aliphatic carbocycles. The molecule has 0 saturated carbocycles. The van der Waals surface area contributed by atoms with Gasteiger partial charge in [0.15, 0.2) is 6.61 Å². The molecule has 0 saturated heterocycles. The zero-order chi connectivity index (χ0) is 21.9. The SMILES string of the molecule is CCOC(=O)COc1ccc2c(=O)c(-c3ccc(OC)cc3)c(C(F)(F)F)oc2c1. The van der Waals surface area contributed by atoms with Crippen LogP contribution in [0.4, 0.5) is 13.2 Å². The molecular formula is C21H17F3O6. The van der Waals surface area contributed by atoms with Crippen molar-refractivity contribution >= 4 is 16.9 Å². The molecule has 0 bridgehead atoms. The Bertz CT molecular complexity index is 1120. The van der Waals surface area contributed by atoms with Gasteiger partial charge in [0.2, 0.25) is 11.2 Å². The lowest BCUT2D eigenvalue weighted by Crippen LogP contribution is -2.16. The van der Waals surface area contributed by atoms with Crippen LogP contribution >= 0.6 is 0 Å². The predicted octanol–water partition coefficient (Wildman–Crippen LogP) is 4.43. The van der Waals surface area contributed by atoms with E-state index in [1.807, 2.05) is 0 Å². The van der Waals surface area contributed by atoms with Crippen molar-refractivity contribution in [1.29, 1.82) is 0 Å². The third-order valence-corrected chi connectivity index (χ3v) is 4.16. The van der Waals surface area contributed by atoms with Gasteiger partial charge in [-0.1, -0.05) is 12.1 Å². The summed E-state index contributed by atoms with van der Waals surface area (Å²) < 4.78 is 61.0. The summed E-state index contributed by atoms with van der Waals surface area (Å²) in [5.74, 6) is -1.57. The van der Waals surface area contributed by atoms with Gasteiger partial charge < -0.3 is 18.6 Å². The summed E-state index contributed by atoms with van der Waals surface area (Å²) >= 11 is 0. The summed E-state index contributed by atoms with van der Waals surface area (Å²) in [7, 11) is 1.42. The number of carbonyl (C=O) groups is 1. The highest BCUT2D eigenvalue weighted by molar-refractivity contribution is 5.84. The number of hydrogen-bond acceptors (Lipinski definition) is 6. The Morgan fingerprint density at radius 3 is 2.33 bits per heavy atom. The summed E-state index contributed by atoms with van der Waals surface area (Å²) in [5, 5.41) is -0.0581. The number of ether oxygens (including phenoxy) is 3. The minimum Gasteiger partial charge on any atom is -0.497 e. The number of hydrogen-bond donors (Lipinski definition) is 0. The quantitative estimate of drug-likeness (QED) is 0.547. The number of rotatable bonds is 6. The molecule has 0 fully saturated rings. The van der Waals surface area contributed by atoms with Crippen LogP contribution in [-0.4, -0.2) is 26.3 Å². The first-order chi connectivity index (χ1) is 14.2. The van der Waals surface area contributed by atoms with Crippen molar-refractivity contribution in [2.24, 2.45) is 0 Å². The van der Waals surface area contributed by atoms with Crippen LogP contribution in [0.1, 0.15) is 12.7 Å². The fraction of sp³-hybridized carbons (Fsp3) is 0.238. The van der Waals surface area contributed by atoms with E-state index in [0.29, 0.717) is 5.75 Å². The van der Waals surface area contributed by atoms with Crippen LogP contribution in [0.25, 0.3) is 22.1 Å². The van der Waals surface area contributed by atoms with E-state index in [2.05, 4.69) is 0 Å². The highest BCUT2D eigenvalue weighted by Gasteiger charge is 2.39. The lowest BCUT2D eigenvalue weighted by Gasteiger charge is -2.13. The summed E-state index contributed by atoms with van der Waals surface area (Å²) in [6.07, 6.45) is -4.91. The topological polar surface area (TPSA) is 75.0 Å². The first-order valence-corrected chi connectivity index (χ1v) is 8.85. The Balaban J connectivity index is 2.11. The van der Waals surface area contributed by atoms with Gasteiger partial charge in [-0.15, -0.1) is 0 Å². The predicted molar refractivity (Wildman–Crippen MR) is 102 cm³/mol. The Morgan fingerprint density at radius 2 is 1.73 bits per heavy atom. The molecule has 0 aliphatic heterocycles. The van der Waals surface area contributed by atoms with Gasteiger partial charge in [-0.25, -0.2) is 4.79 Å². The van der Waals surface area contributed by atoms with Gasteiger partial charge in [-0.2, -0.15) is 13.2 Å². The van der Waals surface area contributed by atoms with E-state index < -0.39 is 35.5 Å². The molecule has 0 spiro atoms. The van der Waals surface area contributed by atoms with Crippen LogP contribution < -0.4 is 14.9 Å². The van der Waals surface area contributed by atoms with E-state index in [1.54, 1.807) is 6.92 Å². The summed E-state index contributed by atoms with van der Waals surface area (Å²) in [5.41, 5.74) is -1.71. The Hall–Kier alpha value is -3.49. The van der Waals surface area contributed by atoms with Crippen LogP contribution in [-0.2, 0) is 15.7 Å². The smallest absolute Gasteiger partial charge is 0.450 e. The van der Waals surface area contributed by atoms with Gasteiger partial charge in [-0.05, 0) is 36.8 Å². The summed E-state index contributed by atoms with van der Waals surface area (Å²) in [4.78, 5) is 24.3. The van der Waals surface area contributed by atoms with Crippen molar-refractivity contribution in [3.8, 4) is 22.6 Å². The molecule has 1 aromatic heterocycles. The van der Waals surface area contributed by atoms with Gasteiger partial charge in [-0.3, -0.25) is 4.79 Å². The van der Waals surface area contributed by atoms with Crippen molar-refractivity contribution in [2.75, 3.05) is 20.3 Å². The lowest BCUT2D eigenvalue weighted by atomic mass is 10.0. The van der Waals surface area contributed by atoms with Crippen molar-refractivity contribution in [3.05, 3.63) is 58.4 Å². The number of methoxy groups -OCH3 is 1. The number of benzene rings is 2. The van der Waals surface area contributed by atoms with Gasteiger partial charge >= 0.3 is 12.1 Å². The molecule has 3 rings (SSSR count). The minimum absolute atomic E-state index is 0.0430. The third kappa shape index (κ3) is 4.40. The molecule has 3 aromatic rings. The molecule has 0 unspecified atom stereocenters. The van der Waals surface area contributed by atoms with Crippen LogP contribution in [0.5, 0.6) is 11.5 Å². The first-order valence-electron chi connectivity index (χ1n) is 8.85. The Morgan fingerprint density at radius 1 is 1.07 bits per heavy atom. The third-order valence-electron chi connectivity index (χ3n) is 4.16. The number of carbonyl (C=O) groups excluding carboxylic acids is 1. The summed E-state index contributed by atoms with van der Waals surface area (Å²) in [6.45, 7) is 1.36. The average molecular weight is 422 g/mol. The average Bonchev–Trinajstić information content (AvgIpc) is 2.71. The van der Waals surface area contributed by atoms with E-state index in [1.165, 1.54) is 43.5 Å². The standard InChI is InChI=1S/C21H17F3O6/c1-3-28-17(25)11-29-14-8-9-15-16(10-14)30-20(21(22,23)24)18(19(15)26)12-4-6-13(27-2)7-5-12/h4-10H,3,11H2,1-2H3. The van der Waals surface area contributed by atoms with E-state index >= 15 is 0 Å². The number of halogens is 3. The van der Waals surface area contributed by atoms with Crippen LogP contribution in [0.2, 0.25) is 0 Å². The maximum Gasteiger partial charge on any atom is 0.450 e.